The van der Waals surface area contributed by atoms with Crippen molar-refractivity contribution in [3.63, 3.8) is 0 Å². The Bertz CT molecular complexity index is 706. The first-order valence-electron chi connectivity index (χ1n) is 9.22. The van der Waals surface area contributed by atoms with Gasteiger partial charge in [-0.25, -0.2) is 0 Å². The number of hydrogen-bond acceptors (Lipinski definition) is 6. The van der Waals surface area contributed by atoms with Gasteiger partial charge in [-0.15, -0.1) is 0 Å². The molecule has 1 N–H and O–H groups in total. The van der Waals surface area contributed by atoms with E-state index in [-0.39, 0.29) is 18.6 Å². The fourth-order valence-electron chi connectivity index (χ4n) is 3.40. The van der Waals surface area contributed by atoms with E-state index in [4.69, 9.17) is 19.3 Å². The van der Waals surface area contributed by atoms with E-state index in [1.54, 1.807) is 37.1 Å². The van der Waals surface area contributed by atoms with E-state index in [1.807, 2.05) is 26.0 Å². The summed E-state index contributed by atoms with van der Waals surface area (Å²) >= 11 is 0. The predicted octanol–water partition coefficient (Wildman–Crippen LogP) is 1.23. The average Bonchev–Trinajstić information content (AvgIpc) is 2.66. The minimum atomic E-state index is -0.888. The molecule has 1 unspecified atom stereocenters. The minimum Gasteiger partial charge on any atom is -0.493 e. The fourth-order valence-corrected chi connectivity index (χ4v) is 3.40. The topological polar surface area (TPSA) is 88.5 Å². The molecule has 8 nitrogen and oxygen atoms in total. The SMILES string of the molecule is COc1ccc(C(C)(C)C(=O)N2CCOC(CN(C)CC(=O)O)C2)cc1OC. The predicted molar refractivity (Wildman–Crippen MR) is 104 cm³/mol. The van der Waals surface area contributed by atoms with Gasteiger partial charge >= 0.3 is 5.97 Å². The Labute approximate surface area is 166 Å². The Hall–Kier alpha value is -2.32. The number of amides is 1. The molecule has 0 spiro atoms. The highest BCUT2D eigenvalue weighted by molar-refractivity contribution is 5.87. The highest BCUT2D eigenvalue weighted by atomic mass is 16.5. The first kappa shape index (κ1) is 22.0. The van der Waals surface area contributed by atoms with Gasteiger partial charge in [0.15, 0.2) is 11.5 Å². The van der Waals surface area contributed by atoms with Crippen LogP contribution in [0.3, 0.4) is 0 Å². The Morgan fingerprint density at radius 3 is 2.57 bits per heavy atom. The van der Waals surface area contributed by atoms with E-state index in [1.165, 1.54) is 0 Å². The van der Waals surface area contributed by atoms with Gasteiger partial charge in [0.05, 0.1) is 38.9 Å². The second-order valence-corrected chi connectivity index (χ2v) is 7.53. The second-order valence-electron chi connectivity index (χ2n) is 7.53. The molecule has 1 atom stereocenters. The molecule has 1 aliphatic rings. The summed E-state index contributed by atoms with van der Waals surface area (Å²) in [6.45, 7) is 5.53. The molecule has 1 aliphatic heterocycles. The van der Waals surface area contributed by atoms with Gasteiger partial charge < -0.3 is 24.2 Å². The summed E-state index contributed by atoms with van der Waals surface area (Å²) in [7, 11) is 4.87. The quantitative estimate of drug-likeness (QED) is 0.709. The van der Waals surface area contributed by atoms with Crippen molar-refractivity contribution >= 4 is 11.9 Å². The van der Waals surface area contributed by atoms with Crippen molar-refractivity contribution in [1.29, 1.82) is 0 Å². The lowest BCUT2D eigenvalue weighted by molar-refractivity contribution is -0.146. The van der Waals surface area contributed by atoms with Crippen molar-refractivity contribution in [1.82, 2.24) is 9.80 Å². The van der Waals surface area contributed by atoms with Crippen molar-refractivity contribution in [2.75, 3.05) is 54.1 Å². The zero-order valence-electron chi connectivity index (χ0n) is 17.2. The lowest BCUT2D eigenvalue weighted by Gasteiger charge is -2.38. The molecular weight excluding hydrogens is 364 g/mol. The molecule has 2 rings (SSSR count). The molecule has 1 fully saturated rings. The van der Waals surface area contributed by atoms with E-state index >= 15 is 0 Å². The number of rotatable bonds is 8. The zero-order chi connectivity index (χ0) is 20.9. The smallest absolute Gasteiger partial charge is 0.317 e. The number of carbonyl (C=O) groups excluding carboxylic acids is 1. The molecule has 1 aromatic rings. The Kier molecular flexibility index (Phi) is 7.26. The highest BCUT2D eigenvalue weighted by Gasteiger charge is 2.37. The molecule has 0 bridgehead atoms. The summed E-state index contributed by atoms with van der Waals surface area (Å²) in [6, 6.07) is 5.50. The van der Waals surface area contributed by atoms with Crippen LogP contribution in [0.4, 0.5) is 0 Å². The van der Waals surface area contributed by atoms with Gasteiger partial charge in [0, 0.05) is 19.6 Å². The number of methoxy groups -OCH3 is 2. The van der Waals surface area contributed by atoms with E-state index in [0.29, 0.717) is 37.7 Å². The molecule has 1 aromatic carbocycles. The van der Waals surface area contributed by atoms with Crippen LogP contribution in [0.25, 0.3) is 0 Å². The molecule has 1 heterocycles. The van der Waals surface area contributed by atoms with Crippen LogP contribution in [-0.2, 0) is 19.7 Å². The molecule has 28 heavy (non-hydrogen) atoms. The number of carboxylic acid groups (broad SMARTS) is 1. The third-order valence-electron chi connectivity index (χ3n) is 4.99. The second kappa shape index (κ2) is 9.25. The normalized spacial score (nSPS) is 17.5. The molecule has 156 valence electrons. The van der Waals surface area contributed by atoms with Gasteiger partial charge in [-0.3, -0.25) is 14.5 Å². The summed E-state index contributed by atoms with van der Waals surface area (Å²) in [5.74, 6) is 0.299. The summed E-state index contributed by atoms with van der Waals surface area (Å²) in [6.07, 6.45) is -0.219. The number of ether oxygens (including phenoxy) is 3. The van der Waals surface area contributed by atoms with Gasteiger partial charge in [-0.05, 0) is 38.6 Å². The van der Waals surface area contributed by atoms with Crippen LogP contribution in [-0.4, -0.2) is 86.9 Å². The zero-order valence-corrected chi connectivity index (χ0v) is 17.2. The number of aliphatic carboxylic acids is 1. The Morgan fingerprint density at radius 1 is 1.29 bits per heavy atom. The monoisotopic (exact) mass is 394 g/mol. The maximum Gasteiger partial charge on any atom is 0.317 e. The van der Waals surface area contributed by atoms with Gasteiger partial charge in [0.1, 0.15) is 0 Å². The van der Waals surface area contributed by atoms with Gasteiger partial charge in [-0.1, -0.05) is 6.07 Å². The maximum absolute atomic E-state index is 13.3. The van der Waals surface area contributed by atoms with Crippen molar-refractivity contribution < 1.29 is 28.9 Å². The summed E-state index contributed by atoms with van der Waals surface area (Å²) < 4.78 is 16.4. The molecule has 0 aliphatic carbocycles. The van der Waals surface area contributed by atoms with Crippen LogP contribution in [0.2, 0.25) is 0 Å². The standard InChI is InChI=1S/C20H30N2O6/c1-20(2,14-6-7-16(26-4)17(10-14)27-5)19(25)22-8-9-28-15(12-22)11-21(3)13-18(23)24/h6-7,10,15H,8-9,11-13H2,1-5H3,(H,23,24). The van der Waals surface area contributed by atoms with Gasteiger partial charge in [0.25, 0.3) is 0 Å². The first-order valence-corrected chi connectivity index (χ1v) is 9.22. The van der Waals surface area contributed by atoms with Crippen molar-refractivity contribution in [3.8, 4) is 11.5 Å². The number of morpholine rings is 1. The van der Waals surface area contributed by atoms with Crippen LogP contribution >= 0.6 is 0 Å². The van der Waals surface area contributed by atoms with Crippen molar-refractivity contribution in [2.45, 2.75) is 25.4 Å². The molecule has 0 saturated carbocycles. The first-order chi connectivity index (χ1) is 13.2. The van der Waals surface area contributed by atoms with E-state index in [9.17, 15) is 9.59 Å². The van der Waals surface area contributed by atoms with Crippen LogP contribution in [0.5, 0.6) is 11.5 Å². The summed E-state index contributed by atoms with van der Waals surface area (Å²) in [4.78, 5) is 27.6. The Morgan fingerprint density at radius 2 is 1.96 bits per heavy atom. The number of nitrogens with zero attached hydrogens (tertiary/aromatic N) is 2. The molecular formula is C20H30N2O6. The number of benzene rings is 1. The minimum absolute atomic E-state index is 0.00564. The average molecular weight is 394 g/mol. The maximum atomic E-state index is 13.3. The van der Waals surface area contributed by atoms with Gasteiger partial charge in [-0.2, -0.15) is 0 Å². The third-order valence-corrected chi connectivity index (χ3v) is 4.99. The number of hydrogen-bond donors (Lipinski definition) is 1. The van der Waals surface area contributed by atoms with Crippen LogP contribution in [0.1, 0.15) is 19.4 Å². The van der Waals surface area contributed by atoms with E-state index in [0.717, 1.165) is 5.56 Å². The molecule has 0 radical (unpaired) electrons. The molecule has 8 heteroatoms. The van der Waals surface area contributed by atoms with Crippen LogP contribution in [0.15, 0.2) is 18.2 Å². The highest BCUT2D eigenvalue weighted by Crippen LogP contribution is 2.34. The van der Waals surface area contributed by atoms with Crippen molar-refractivity contribution in [2.24, 2.45) is 0 Å². The fraction of sp³-hybridized carbons (Fsp3) is 0.600. The summed E-state index contributed by atoms with van der Waals surface area (Å²) in [5.41, 5.74) is 0.0789. The Balaban J connectivity index is 2.11. The van der Waals surface area contributed by atoms with Gasteiger partial charge in [0.2, 0.25) is 5.91 Å². The van der Waals surface area contributed by atoms with Crippen molar-refractivity contribution in [3.05, 3.63) is 23.8 Å². The third kappa shape index (κ3) is 5.14. The molecule has 0 aromatic heterocycles. The lowest BCUT2D eigenvalue weighted by atomic mass is 9.82. The lowest BCUT2D eigenvalue weighted by Crippen LogP contribution is -2.53. The van der Waals surface area contributed by atoms with Crippen LogP contribution < -0.4 is 9.47 Å². The summed E-state index contributed by atoms with van der Waals surface area (Å²) in [5, 5.41) is 8.90. The molecule has 1 amide bonds. The molecule has 1 saturated heterocycles. The number of carbonyl (C=O) groups is 2. The van der Waals surface area contributed by atoms with E-state index < -0.39 is 11.4 Å². The largest absolute Gasteiger partial charge is 0.493 e. The van der Waals surface area contributed by atoms with Crippen LogP contribution in [0, 0.1) is 0 Å². The van der Waals surface area contributed by atoms with E-state index in [2.05, 4.69) is 0 Å². The number of carboxylic acids is 1. The number of likely N-dealkylation sites (N-methyl/N-ethyl adjacent to an activating group) is 1.